The fourth-order valence-corrected chi connectivity index (χ4v) is 1.07. The van der Waals surface area contributed by atoms with E-state index in [-0.39, 0.29) is 7.43 Å². The zero-order valence-corrected chi connectivity index (χ0v) is 13.5. The predicted octanol–water partition coefficient (Wildman–Crippen LogP) is 7.41. The van der Waals surface area contributed by atoms with Crippen molar-refractivity contribution in [1.29, 1.82) is 0 Å². The Morgan fingerprint density at radius 1 is 1.00 bits per heavy atom. The van der Waals surface area contributed by atoms with Crippen molar-refractivity contribution in [1.82, 2.24) is 0 Å². The Morgan fingerprint density at radius 3 is 1.50 bits per heavy atom. The van der Waals surface area contributed by atoms with Gasteiger partial charge in [0.15, 0.2) is 0 Å². The molecule has 1 rings (SSSR count). The smallest absolute Gasteiger partial charge is 0.0165 e. The van der Waals surface area contributed by atoms with Gasteiger partial charge in [-0.25, -0.2) is 0 Å². The van der Waals surface area contributed by atoms with Gasteiger partial charge in [-0.15, -0.1) is 0 Å². The molecule has 1 saturated carbocycles. The number of rotatable bonds is 3. The molecule has 0 bridgehead atoms. The molecule has 0 aromatic rings. The summed E-state index contributed by atoms with van der Waals surface area (Å²) in [4.78, 5) is 0. The lowest BCUT2D eigenvalue weighted by Crippen LogP contribution is -1.77. The minimum atomic E-state index is 0. The summed E-state index contributed by atoms with van der Waals surface area (Å²) < 4.78 is 0. The topological polar surface area (TPSA) is 0 Å². The van der Waals surface area contributed by atoms with Crippen LogP contribution in [0, 0.1) is 5.92 Å². The van der Waals surface area contributed by atoms with Crippen molar-refractivity contribution in [2.75, 3.05) is 0 Å². The van der Waals surface area contributed by atoms with Crippen LogP contribution in [0.15, 0.2) is 24.3 Å². The van der Waals surface area contributed by atoms with Crippen LogP contribution in [-0.4, -0.2) is 0 Å². The number of hydrogen-bond donors (Lipinski definition) is 0. The van der Waals surface area contributed by atoms with Gasteiger partial charge < -0.3 is 0 Å². The van der Waals surface area contributed by atoms with E-state index in [4.69, 9.17) is 0 Å². The van der Waals surface area contributed by atoms with Crippen molar-refractivity contribution in [2.24, 2.45) is 5.92 Å². The maximum atomic E-state index is 3.77. The fraction of sp³-hybridized carbons (Fsp3) is 0.778. The maximum absolute atomic E-state index is 3.77. The Bertz CT molecular complexity index is 147. The molecule has 0 radical (unpaired) electrons. The molecule has 0 nitrogen and oxygen atoms in total. The van der Waals surface area contributed by atoms with Crippen molar-refractivity contribution < 1.29 is 0 Å². The van der Waals surface area contributed by atoms with Gasteiger partial charge in [0.2, 0.25) is 0 Å². The Labute approximate surface area is 119 Å². The van der Waals surface area contributed by atoms with Gasteiger partial charge in [-0.3, -0.25) is 0 Å². The fourth-order valence-electron chi connectivity index (χ4n) is 1.07. The van der Waals surface area contributed by atoms with Crippen molar-refractivity contribution >= 4 is 0 Å². The van der Waals surface area contributed by atoms with Gasteiger partial charge in [0.1, 0.15) is 0 Å². The Hall–Kier alpha value is -0.520. The largest absolute Gasteiger partial charge is 0.0988 e. The van der Waals surface area contributed by atoms with Crippen LogP contribution in [0.3, 0.4) is 0 Å². The Morgan fingerprint density at radius 2 is 1.33 bits per heavy atom. The molecule has 0 heteroatoms. The molecule has 1 fully saturated rings. The van der Waals surface area contributed by atoms with E-state index in [0.29, 0.717) is 0 Å². The van der Waals surface area contributed by atoms with Crippen molar-refractivity contribution in [3.63, 3.8) is 0 Å². The van der Waals surface area contributed by atoms with E-state index in [1.54, 1.807) is 0 Å². The third-order valence-electron chi connectivity index (χ3n) is 1.72. The van der Waals surface area contributed by atoms with Gasteiger partial charge in [-0.2, -0.15) is 0 Å². The van der Waals surface area contributed by atoms with E-state index in [1.807, 2.05) is 19.9 Å². The molecule has 1 aliphatic carbocycles. The third-order valence-corrected chi connectivity index (χ3v) is 1.72. The summed E-state index contributed by atoms with van der Waals surface area (Å²) in [5.74, 6) is 0.877. The minimum absolute atomic E-state index is 0. The summed E-state index contributed by atoms with van der Waals surface area (Å²) in [6.45, 7) is 18.4. The molecule has 0 unspecified atom stereocenters. The molecule has 0 heterocycles. The zero-order chi connectivity index (χ0) is 14.1. The zero-order valence-electron chi connectivity index (χ0n) is 13.5. The summed E-state index contributed by atoms with van der Waals surface area (Å²) >= 11 is 0. The lowest BCUT2D eigenvalue weighted by molar-refractivity contribution is 1.02. The monoisotopic (exact) mass is 256 g/mol. The molecule has 1 aliphatic rings. The summed E-state index contributed by atoms with van der Waals surface area (Å²) in [6, 6.07) is 0. The molecule has 0 spiro atoms. The first-order valence-electron chi connectivity index (χ1n) is 7.53. The summed E-state index contributed by atoms with van der Waals surface area (Å²) in [5, 5.41) is 0. The van der Waals surface area contributed by atoms with Crippen molar-refractivity contribution in [2.45, 2.75) is 88.0 Å². The van der Waals surface area contributed by atoms with Crippen LogP contribution in [0.5, 0.6) is 0 Å². The molecule has 0 N–H and O–H groups in total. The van der Waals surface area contributed by atoms with Crippen LogP contribution < -0.4 is 0 Å². The summed E-state index contributed by atoms with van der Waals surface area (Å²) in [6.07, 6.45) is 10.7. The first-order chi connectivity index (χ1) is 8.21. The van der Waals surface area contributed by atoms with Crippen LogP contribution in [0.4, 0.5) is 0 Å². The highest BCUT2D eigenvalue weighted by Crippen LogP contribution is 2.36. The molecule has 112 valence electrons. The van der Waals surface area contributed by atoms with Gasteiger partial charge in [0, 0.05) is 0 Å². The molecule has 0 atom stereocenters. The van der Waals surface area contributed by atoms with E-state index in [0.717, 1.165) is 12.3 Å². The average molecular weight is 257 g/mol. The molecule has 0 saturated heterocycles. The maximum Gasteiger partial charge on any atom is -0.0165 e. The Balaban J connectivity index is -0.0000000930. The highest BCUT2D eigenvalue weighted by Gasteiger charge is 2.23. The number of hydrogen-bond acceptors (Lipinski definition) is 0. The summed E-state index contributed by atoms with van der Waals surface area (Å²) in [7, 11) is 0. The normalized spacial score (nSPS) is 12.3. The molecular formula is C18H40. The van der Waals surface area contributed by atoms with Crippen LogP contribution in [-0.2, 0) is 0 Å². The molecular weight excluding hydrogens is 216 g/mol. The summed E-state index contributed by atoms with van der Waals surface area (Å²) in [5.41, 5.74) is 1.47. The van der Waals surface area contributed by atoms with E-state index >= 15 is 0 Å². The first-order valence-corrected chi connectivity index (χ1v) is 7.53. The average Bonchev–Trinajstić information content (AvgIpc) is 3.15. The van der Waals surface area contributed by atoms with Gasteiger partial charge >= 0.3 is 0 Å². The van der Waals surface area contributed by atoms with Gasteiger partial charge in [0.25, 0.3) is 0 Å². The Kier molecular flexibility index (Phi) is 36.8. The quantitative estimate of drug-likeness (QED) is 0.461. The highest BCUT2D eigenvalue weighted by atomic mass is 14.3. The lowest BCUT2D eigenvalue weighted by Gasteiger charge is -1.93. The van der Waals surface area contributed by atoms with Gasteiger partial charge in [0.05, 0.1) is 0 Å². The van der Waals surface area contributed by atoms with E-state index < -0.39 is 0 Å². The molecule has 0 amide bonds. The number of allylic oxidation sites excluding steroid dienone is 3. The van der Waals surface area contributed by atoms with E-state index in [9.17, 15) is 0 Å². The van der Waals surface area contributed by atoms with Gasteiger partial charge in [-0.05, 0) is 30.8 Å². The SMILES string of the molecule is C.C=C/C(=C\CC)C1CC1.CC.CCC.CCC. The second-order valence-electron chi connectivity index (χ2n) is 4.00. The van der Waals surface area contributed by atoms with E-state index in [1.165, 1.54) is 31.3 Å². The van der Waals surface area contributed by atoms with Crippen LogP contribution in [0.1, 0.15) is 88.0 Å². The highest BCUT2D eigenvalue weighted by molar-refractivity contribution is 5.23. The predicted molar refractivity (Wildman–Crippen MR) is 91.3 cm³/mol. The van der Waals surface area contributed by atoms with Crippen LogP contribution in [0.2, 0.25) is 0 Å². The van der Waals surface area contributed by atoms with E-state index in [2.05, 4.69) is 47.3 Å². The second-order valence-corrected chi connectivity index (χ2v) is 4.00. The van der Waals surface area contributed by atoms with Crippen LogP contribution in [0.25, 0.3) is 0 Å². The van der Waals surface area contributed by atoms with Crippen molar-refractivity contribution in [3.05, 3.63) is 24.3 Å². The van der Waals surface area contributed by atoms with Crippen molar-refractivity contribution in [3.8, 4) is 0 Å². The lowest BCUT2D eigenvalue weighted by atomic mass is 10.1. The molecule has 0 aliphatic heterocycles. The van der Waals surface area contributed by atoms with Gasteiger partial charge in [-0.1, -0.05) is 87.5 Å². The molecule has 0 aromatic carbocycles. The third kappa shape index (κ3) is 24.6. The van der Waals surface area contributed by atoms with Crippen LogP contribution >= 0.6 is 0 Å². The standard InChI is InChI=1S/C9H14.2C3H8.C2H6.CH4/c1-3-5-8(4-2)9-6-7-9;2*1-3-2;1-2;/h4-5,9H,2-3,6-7H2,1H3;2*3H2,1-2H3;1-2H3;1H4/b8-5+;;;;. The molecule has 18 heavy (non-hydrogen) atoms. The first kappa shape index (κ1) is 26.1. The minimum Gasteiger partial charge on any atom is -0.0988 e. The molecule has 0 aromatic heterocycles. The second kappa shape index (κ2) is 25.4.